The molecule has 1 aromatic heterocycles. The Labute approximate surface area is 171 Å². The van der Waals surface area contributed by atoms with Crippen molar-refractivity contribution < 1.29 is 14.0 Å². The highest BCUT2D eigenvalue weighted by Crippen LogP contribution is 2.24. The van der Waals surface area contributed by atoms with Crippen LogP contribution in [0.5, 0.6) is 0 Å². The van der Waals surface area contributed by atoms with Gasteiger partial charge in [-0.15, -0.1) is 0 Å². The van der Waals surface area contributed by atoms with Crippen LogP contribution in [-0.4, -0.2) is 30.0 Å². The molecule has 146 valence electrons. The number of nitrogens with one attached hydrogen (secondary N) is 1. The molecule has 0 unspecified atom stereocenters. The standard InChI is InChI=1S/C21H16ClFN4O2/c22-14-6-8-18(23)17(12-14)20(28)25-15-7-9-19(24-13-15)27-11-10-26(21(27)29)16-4-2-1-3-5-16/h1-9,12-13H,10-11H2,(H,25,28). The summed E-state index contributed by atoms with van der Waals surface area (Å²) in [6, 6.07) is 16.3. The van der Waals surface area contributed by atoms with Crippen LogP contribution < -0.4 is 15.1 Å². The third-order valence-corrected chi connectivity index (χ3v) is 4.77. The fourth-order valence-corrected chi connectivity index (χ4v) is 3.26. The predicted molar refractivity (Wildman–Crippen MR) is 110 cm³/mol. The molecule has 1 aliphatic heterocycles. The van der Waals surface area contributed by atoms with Crippen LogP contribution in [0.25, 0.3) is 0 Å². The predicted octanol–water partition coefficient (Wildman–Crippen LogP) is 4.57. The Morgan fingerprint density at radius 1 is 1.03 bits per heavy atom. The Morgan fingerprint density at radius 2 is 1.79 bits per heavy atom. The number of carbonyl (C=O) groups excluding carboxylic acids is 2. The number of hydrogen-bond donors (Lipinski definition) is 1. The first-order valence-electron chi connectivity index (χ1n) is 8.89. The normalized spacial score (nSPS) is 13.7. The van der Waals surface area contributed by atoms with Gasteiger partial charge in [-0.05, 0) is 42.5 Å². The fourth-order valence-electron chi connectivity index (χ4n) is 3.09. The van der Waals surface area contributed by atoms with Gasteiger partial charge in [-0.25, -0.2) is 14.2 Å². The SMILES string of the molecule is O=C(Nc1ccc(N2CCN(c3ccccc3)C2=O)nc1)c1cc(Cl)ccc1F. The molecular formula is C21H16ClFN4O2. The molecule has 3 amide bonds. The maximum Gasteiger partial charge on any atom is 0.330 e. The number of para-hydroxylation sites is 1. The van der Waals surface area contributed by atoms with Crippen molar-refractivity contribution in [2.75, 3.05) is 28.2 Å². The second-order valence-corrected chi connectivity index (χ2v) is 6.84. The van der Waals surface area contributed by atoms with Crippen LogP contribution in [-0.2, 0) is 0 Å². The molecule has 0 atom stereocenters. The third-order valence-electron chi connectivity index (χ3n) is 4.53. The molecule has 2 aromatic carbocycles. The lowest BCUT2D eigenvalue weighted by atomic mass is 10.2. The maximum atomic E-state index is 13.8. The van der Waals surface area contributed by atoms with Crippen LogP contribution in [0.4, 0.5) is 26.4 Å². The third kappa shape index (κ3) is 3.90. The number of benzene rings is 2. The van der Waals surface area contributed by atoms with Crippen molar-refractivity contribution in [2.45, 2.75) is 0 Å². The van der Waals surface area contributed by atoms with Gasteiger partial charge in [0.15, 0.2) is 0 Å². The maximum absolute atomic E-state index is 13.8. The van der Waals surface area contributed by atoms with Crippen molar-refractivity contribution in [3.8, 4) is 0 Å². The van der Waals surface area contributed by atoms with Gasteiger partial charge in [0.05, 0.1) is 17.4 Å². The van der Waals surface area contributed by atoms with E-state index in [1.807, 2.05) is 30.3 Å². The van der Waals surface area contributed by atoms with E-state index in [-0.39, 0.29) is 16.6 Å². The molecule has 6 nitrogen and oxygen atoms in total. The Kier molecular flexibility index (Phi) is 5.14. The molecule has 0 spiro atoms. The van der Waals surface area contributed by atoms with E-state index in [9.17, 15) is 14.0 Å². The topological polar surface area (TPSA) is 65.5 Å². The van der Waals surface area contributed by atoms with Gasteiger partial charge in [0.1, 0.15) is 11.6 Å². The molecule has 1 fully saturated rings. The van der Waals surface area contributed by atoms with E-state index in [1.54, 1.807) is 21.9 Å². The number of rotatable bonds is 4. The van der Waals surface area contributed by atoms with Crippen LogP contribution in [0.1, 0.15) is 10.4 Å². The van der Waals surface area contributed by atoms with Crippen molar-refractivity contribution in [3.63, 3.8) is 0 Å². The fraction of sp³-hybridized carbons (Fsp3) is 0.0952. The average molecular weight is 411 g/mol. The number of hydrogen-bond acceptors (Lipinski definition) is 3. The Morgan fingerprint density at radius 3 is 2.52 bits per heavy atom. The molecule has 1 N–H and O–H groups in total. The van der Waals surface area contributed by atoms with E-state index < -0.39 is 11.7 Å². The van der Waals surface area contributed by atoms with Crippen LogP contribution in [0.2, 0.25) is 5.02 Å². The van der Waals surface area contributed by atoms with Crippen molar-refractivity contribution in [1.82, 2.24) is 4.98 Å². The lowest BCUT2D eigenvalue weighted by Crippen LogP contribution is -2.32. The van der Waals surface area contributed by atoms with E-state index >= 15 is 0 Å². The van der Waals surface area contributed by atoms with Crippen LogP contribution in [0.15, 0.2) is 66.9 Å². The summed E-state index contributed by atoms with van der Waals surface area (Å²) in [6.07, 6.45) is 1.42. The number of halogens is 2. The average Bonchev–Trinajstić information content (AvgIpc) is 3.12. The van der Waals surface area contributed by atoms with Crippen LogP contribution in [0.3, 0.4) is 0 Å². The number of carbonyl (C=O) groups is 2. The first kappa shape index (κ1) is 18.9. The van der Waals surface area contributed by atoms with Gasteiger partial charge < -0.3 is 5.32 Å². The second-order valence-electron chi connectivity index (χ2n) is 6.40. The Hall–Kier alpha value is -3.45. The summed E-state index contributed by atoms with van der Waals surface area (Å²) < 4.78 is 13.8. The number of urea groups is 1. The van der Waals surface area contributed by atoms with Gasteiger partial charge in [-0.3, -0.25) is 14.6 Å². The summed E-state index contributed by atoms with van der Waals surface area (Å²) in [4.78, 5) is 32.5. The molecule has 2 heterocycles. The number of pyridine rings is 1. The summed E-state index contributed by atoms with van der Waals surface area (Å²) in [5.74, 6) is -0.826. The molecule has 8 heteroatoms. The minimum Gasteiger partial charge on any atom is -0.320 e. The highest BCUT2D eigenvalue weighted by atomic mass is 35.5. The smallest absolute Gasteiger partial charge is 0.320 e. The number of aromatic nitrogens is 1. The summed E-state index contributed by atoms with van der Waals surface area (Å²) in [6.45, 7) is 1.05. The minimum atomic E-state index is -0.667. The highest BCUT2D eigenvalue weighted by Gasteiger charge is 2.31. The molecule has 0 saturated carbocycles. The van der Waals surface area contributed by atoms with Crippen molar-refractivity contribution in [2.24, 2.45) is 0 Å². The van der Waals surface area contributed by atoms with Gasteiger partial charge >= 0.3 is 6.03 Å². The van der Waals surface area contributed by atoms with Crippen molar-refractivity contribution >= 4 is 40.7 Å². The van der Waals surface area contributed by atoms with Crippen LogP contribution >= 0.6 is 11.6 Å². The summed E-state index contributed by atoms with van der Waals surface area (Å²) >= 11 is 5.83. The van der Waals surface area contributed by atoms with Crippen molar-refractivity contribution in [3.05, 3.63) is 83.3 Å². The molecule has 0 radical (unpaired) electrons. The summed E-state index contributed by atoms with van der Waals surface area (Å²) in [7, 11) is 0. The monoisotopic (exact) mass is 410 g/mol. The zero-order valence-corrected chi connectivity index (χ0v) is 15.9. The summed E-state index contributed by atoms with van der Waals surface area (Å²) in [5, 5.41) is 2.84. The minimum absolute atomic E-state index is 0.158. The Balaban J connectivity index is 1.46. The largest absolute Gasteiger partial charge is 0.330 e. The molecule has 1 aliphatic rings. The van der Waals surface area contributed by atoms with Gasteiger partial charge in [-0.1, -0.05) is 29.8 Å². The second kappa shape index (κ2) is 7.89. The first-order chi connectivity index (χ1) is 14.0. The number of amides is 3. The van der Waals surface area contributed by atoms with Gasteiger partial charge in [0.25, 0.3) is 5.91 Å². The molecule has 4 rings (SSSR count). The van der Waals surface area contributed by atoms with E-state index in [1.165, 1.54) is 18.3 Å². The van der Waals surface area contributed by atoms with E-state index in [4.69, 9.17) is 11.6 Å². The van der Waals surface area contributed by atoms with Gasteiger partial charge in [0.2, 0.25) is 0 Å². The molecule has 3 aromatic rings. The first-order valence-corrected chi connectivity index (χ1v) is 9.27. The molecule has 0 bridgehead atoms. The highest BCUT2D eigenvalue weighted by molar-refractivity contribution is 6.31. The van der Waals surface area contributed by atoms with Crippen molar-refractivity contribution in [1.29, 1.82) is 0 Å². The van der Waals surface area contributed by atoms with Crippen LogP contribution in [0, 0.1) is 5.82 Å². The lowest BCUT2D eigenvalue weighted by Gasteiger charge is -2.18. The number of nitrogens with zero attached hydrogens (tertiary/aromatic N) is 3. The molecule has 0 aliphatic carbocycles. The van der Waals surface area contributed by atoms with E-state index in [0.29, 0.717) is 24.6 Å². The molecule has 29 heavy (non-hydrogen) atoms. The van der Waals surface area contributed by atoms with E-state index in [2.05, 4.69) is 10.3 Å². The molecule has 1 saturated heterocycles. The van der Waals surface area contributed by atoms with Gasteiger partial charge in [0, 0.05) is 23.8 Å². The zero-order valence-electron chi connectivity index (χ0n) is 15.2. The number of anilines is 3. The molecular weight excluding hydrogens is 395 g/mol. The van der Waals surface area contributed by atoms with Gasteiger partial charge in [-0.2, -0.15) is 0 Å². The summed E-state index contributed by atoms with van der Waals surface area (Å²) in [5.41, 5.74) is 1.05. The Bertz CT molecular complexity index is 1060. The zero-order chi connectivity index (χ0) is 20.4. The lowest BCUT2D eigenvalue weighted by molar-refractivity contribution is 0.102. The quantitative estimate of drug-likeness (QED) is 0.685. The van der Waals surface area contributed by atoms with E-state index in [0.717, 1.165) is 11.8 Å².